The number of carbonyl (C=O) groups excluding carboxylic acids is 1. The number of carbonyl (C=O) groups is 1. The molecule has 0 aromatic rings. The number of hydrogen-bond acceptors (Lipinski definition) is 4. The second-order valence-corrected chi connectivity index (χ2v) is 3.97. The second-order valence-electron chi connectivity index (χ2n) is 3.97. The third-order valence-electron chi connectivity index (χ3n) is 2.17. The molecule has 0 radical (unpaired) electrons. The average molecular weight is 202 g/mol. The lowest BCUT2D eigenvalue weighted by Crippen LogP contribution is -2.26. The zero-order valence-electron chi connectivity index (χ0n) is 8.99. The van der Waals surface area contributed by atoms with E-state index in [1.807, 2.05) is 0 Å². The van der Waals surface area contributed by atoms with E-state index in [4.69, 9.17) is 14.2 Å². The van der Waals surface area contributed by atoms with Crippen molar-refractivity contribution in [3.63, 3.8) is 0 Å². The van der Waals surface area contributed by atoms with Crippen molar-refractivity contribution in [3.8, 4) is 0 Å². The number of cyclic esters (lactones) is 1. The fraction of sp³-hybridized carbons (Fsp3) is 0.900. The smallest absolute Gasteiger partial charge is 0.308 e. The van der Waals surface area contributed by atoms with Gasteiger partial charge in [-0.1, -0.05) is 13.8 Å². The fourth-order valence-electron chi connectivity index (χ4n) is 1.57. The maximum atomic E-state index is 11.1. The summed E-state index contributed by atoms with van der Waals surface area (Å²) in [6.45, 7) is 4.41. The average Bonchev–Trinajstić information content (AvgIpc) is 2.41. The highest BCUT2D eigenvalue weighted by atomic mass is 16.7. The van der Waals surface area contributed by atoms with Gasteiger partial charge in [0.2, 0.25) is 0 Å². The SMILES string of the molecule is COCO[C@@H]1CC(=O)O[C@H]1CC(C)C. The lowest BCUT2D eigenvalue weighted by molar-refractivity contribution is -0.143. The van der Waals surface area contributed by atoms with Gasteiger partial charge < -0.3 is 14.2 Å². The number of hydrogen-bond donors (Lipinski definition) is 0. The monoisotopic (exact) mass is 202 g/mol. The molecule has 2 atom stereocenters. The van der Waals surface area contributed by atoms with Crippen LogP contribution in [0.5, 0.6) is 0 Å². The molecule has 0 N–H and O–H groups in total. The van der Waals surface area contributed by atoms with Crippen molar-refractivity contribution in [2.45, 2.75) is 38.9 Å². The molecule has 1 fully saturated rings. The lowest BCUT2D eigenvalue weighted by atomic mass is 10.0. The minimum Gasteiger partial charge on any atom is -0.459 e. The van der Waals surface area contributed by atoms with Crippen LogP contribution in [-0.2, 0) is 19.0 Å². The maximum absolute atomic E-state index is 11.1. The van der Waals surface area contributed by atoms with E-state index in [9.17, 15) is 4.79 Å². The van der Waals surface area contributed by atoms with E-state index >= 15 is 0 Å². The Kier molecular flexibility index (Phi) is 4.35. The van der Waals surface area contributed by atoms with Crippen LogP contribution in [0.25, 0.3) is 0 Å². The first-order valence-electron chi connectivity index (χ1n) is 4.93. The van der Waals surface area contributed by atoms with Crippen LogP contribution in [0.3, 0.4) is 0 Å². The molecule has 0 bridgehead atoms. The fourth-order valence-corrected chi connectivity index (χ4v) is 1.57. The van der Waals surface area contributed by atoms with Crippen LogP contribution in [-0.4, -0.2) is 32.1 Å². The Balaban J connectivity index is 2.41. The van der Waals surface area contributed by atoms with Gasteiger partial charge in [-0.2, -0.15) is 0 Å². The van der Waals surface area contributed by atoms with Crippen LogP contribution >= 0.6 is 0 Å². The highest BCUT2D eigenvalue weighted by Gasteiger charge is 2.35. The third kappa shape index (κ3) is 3.27. The van der Waals surface area contributed by atoms with E-state index in [1.54, 1.807) is 7.11 Å². The number of methoxy groups -OCH3 is 1. The molecular weight excluding hydrogens is 184 g/mol. The Bertz CT molecular complexity index is 191. The van der Waals surface area contributed by atoms with Crippen LogP contribution in [0.4, 0.5) is 0 Å². The minimum absolute atomic E-state index is 0.0994. The molecule has 14 heavy (non-hydrogen) atoms. The van der Waals surface area contributed by atoms with Gasteiger partial charge in [-0.05, 0) is 12.3 Å². The van der Waals surface area contributed by atoms with E-state index in [0.717, 1.165) is 6.42 Å². The first-order chi connectivity index (χ1) is 6.63. The van der Waals surface area contributed by atoms with Gasteiger partial charge in [0.15, 0.2) is 0 Å². The second kappa shape index (κ2) is 5.32. The third-order valence-corrected chi connectivity index (χ3v) is 2.17. The van der Waals surface area contributed by atoms with E-state index in [-0.39, 0.29) is 25.0 Å². The molecule has 0 aromatic carbocycles. The van der Waals surface area contributed by atoms with Gasteiger partial charge in [0.25, 0.3) is 0 Å². The summed E-state index contributed by atoms with van der Waals surface area (Å²) in [5.74, 6) is 0.330. The van der Waals surface area contributed by atoms with Crippen molar-refractivity contribution in [2.24, 2.45) is 5.92 Å². The van der Waals surface area contributed by atoms with Crippen LogP contribution < -0.4 is 0 Å². The predicted octanol–water partition coefficient (Wildman–Crippen LogP) is 1.34. The Morgan fingerprint density at radius 3 is 2.86 bits per heavy atom. The zero-order chi connectivity index (χ0) is 10.6. The number of ether oxygens (including phenoxy) is 3. The standard InChI is InChI=1S/C10H18O4/c1-7(2)4-9-8(13-6-12-3)5-10(11)14-9/h7-9H,4-6H2,1-3H3/t8-,9+/m1/s1. The highest BCUT2D eigenvalue weighted by molar-refractivity contribution is 5.72. The van der Waals surface area contributed by atoms with E-state index in [2.05, 4.69) is 13.8 Å². The predicted molar refractivity (Wildman–Crippen MR) is 50.7 cm³/mol. The van der Waals surface area contributed by atoms with Gasteiger partial charge >= 0.3 is 5.97 Å². The summed E-state index contributed by atoms with van der Waals surface area (Å²) in [6, 6.07) is 0. The molecule has 82 valence electrons. The minimum atomic E-state index is -0.170. The molecule has 1 aliphatic heterocycles. The molecule has 0 spiro atoms. The van der Waals surface area contributed by atoms with Gasteiger partial charge in [0, 0.05) is 7.11 Å². The van der Waals surface area contributed by atoms with Crippen LogP contribution in [0.2, 0.25) is 0 Å². The molecule has 4 nitrogen and oxygen atoms in total. The van der Waals surface area contributed by atoms with E-state index < -0.39 is 0 Å². The summed E-state index contributed by atoms with van der Waals surface area (Å²) in [7, 11) is 1.56. The molecule has 1 heterocycles. The van der Waals surface area contributed by atoms with Crippen molar-refractivity contribution in [2.75, 3.05) is 13.9 Å². The number of esters is 1. The largest absolute Gasteiger partial charge is 0.459 e. The molecule has 0 saturated carbocycles. The molecule has 0 unspecified atom stereocenters. The topological polar surface area (TPSA) is 44.8 Å². The highest BCUT2D eigenvalue weighted by Crippen LogP contribution is 2.23. The quantitative estimate of drug-likeness (QED) is 0.498. The first kappa shape index (κ1) is 11.5. The number of rotatable bonds is 5. The van der Waals surface area contributed by atoms with E-state index in [0.29, 0.717) is 12.3 Å². The Hall–Kier alpha value is -0.610. The van der Waals surface area contributed by atoms with Crippen molar-refractivity contribution in [1.29, 1.82) is 0 Å². The normalized spacial score (nSPS) is 27.0. The van der Waals surface area contributed by atoms with Gasteiger partial charge in [0.05, 0.1) is 6.42 Å². The molecule has 4 heteroatoms. The van der Waals surface area contributed by atoms with Gasteiger partial charge in [0.1, 0.15) is 19.0 Å². The van der Waals surface area contributed by atoms with Crippen molar-refractivity contribution >= 4 is 5.97 Å². The summed E-state index contributed by atoms with van der Waals surface area (Å²) in [5.41, 5.74) is 0. The van der Waals surface area contributed by atoms with Crippen molar-refractivity contribution < 1.29 is 19.0 Å². The summed E-state index contributed by atoms with van der Waals surface area (Å²) < 4.78 is 15.3. The summed E-state index contributed by atoms with van der Waals surface area (Å²) >= 11 is 0. The van der Waals surface area contributed by atoms with E-state index in [1.165, 1.54) is 0 Å². The van der Waals surface area contributed by atoms with Gasteiger partial charge in [-0.3, -0.25) is 4.79 Å². The van der Waals surface area contributed by atoms with Crippen LogP contribution in [0.1, 0.15) is 26.7 Å². The Morgan fingerprint density at radius 1 is 1.57 bits per heavy atom. The van der Waals surface area contributed by atoms with Crippen molar-refractivity contribution in [1.82, 2.24) is 0 Å². The van der Waals surface area contributed by atoms with Crippen LogP contribution in [0, 0.1) is 5.92 Å². The summed E-state index contributed by atoms with van der Waals surface area (Å²) in [4.78, 5) is 11.1. The Morgan fingerprint density at radius 2 is 2.29 bits per heavy atom. The molecular formula is C10H18O4. The molecule has 0 amide bonds. The zero-order valence-corrected chi connectivity index (χ0v) is 8.99. The molecule has 0 aromatic heterocycles. The van der Waals surface area contributed by atoms with Crippen molar-refractivity contribution in [3.05, 3.63) is 0 Å². The molecule has 0 aliphatic carbocycles. The Labute approximate surface area is 84.5 Å². The summed E-state index contributed by atoms with van der Waals surface area (Å²) in [6.07, 6.45) is 0.962. The van der Waals surface area contributed by atoms with Gasteiger partial charge in [-0.15, -0.1) is 0 Å². The molecule has 1 saturated heterocycles. The first-order valence-corrected chi connectivity index (χ1v) is 4.93. The maximum Gasteiger partial charge on any atom is 0.308 e. The summed E-state index contributed by atoms with van der Waals surface area (Å²) in [5, 5.41) is 0. The lowest BCUT2D eigenvalue weighted by Gasteiger charge is -2.19. The van der Waals surface area contributed by atoms with Gasteiger partial charge in [-0.25, -0.2) is 0 Å². The van der Waals surface area contributed by atoms with Crippen LogP contribution in [0.15, 0.2) is 0 Å². The molecule has 1 rings (SSSR count). The molecule has 1 aliphatic rings.